The minimum atomic E-state index is 0.268. The van der Waals surface area contributed by atoms with Gasteiger partial charge in [0.2, 0.25) is 0 Å². The van der Waals surface area contributed by atoms with Crippen LogP contribution >= 0.6 is 0 Å². The fourth-order valence-electron chi connectivity index (χ4n) is 2.21. The van der Waals surface area contributed by atoms with Gasteiger partial charge in [0.05, 0.1) is 7.11 Å². The first kappa shape index (κ1) is 16.0. The van der Waals surface area contributed by atoms with E-state index in [-0.39, 0.29) is 6.61 Å². The number of rotatable bonds is 8. The molecule has 0 fully saturated rings. The van der Waals surface area contributed by atoms with Crippen molar-refractivity contribution in [1.82, 2.24) is 5.32 Å². The first-order valence-corrected chi connectivity index (χ1v) is 7.08. The predicted octanol–water partition coefficient (Wildman–Crippen LogP) is 2.46. The zero-order chi connectivity index (χ0) is 14.3. The Morgan fingerprint density at radius 2 is 2.00 bits per heavy atom. The van der Waals surface area contributed by atoms with E-state index >= 15 is 0 Å². The van der Waals surface area contributed by atoms with Crippen LogP contribution in [0, 0.1) is 19.8 Å². The molecule has 1 aromatic rings. The van der Waals surface area contributed by atoms with Gasteiger partial charge >= 0.3 is 0 Å². The normalized spacial score (nSPS) is 12.5. The molecule has 0 radical (unpaired) electrons. The molecule has 0 spiro atoms. The minimum Gasteiger partial charge on any atom is -0.496 e. The van der Waals surface area contributed by atoms with Crippen LogP contribution in [0.25, 0.3) is 0 Å². The van der Waals surface area contributed by atoms with Crippen LogP contribution in [-0.4, -0.2) is 31.9 Å². The Hall–Kier alpha value is -1.06. The summed E-state index contributed by atoms with van der Waals surface area (Å²) in [7, 11) is 1.71. The summed E-state index contributed by atoms with van der Waals surface area (Å²) in [5.74, 6) is 1.33. The number of hydrogen-bond donors (Lipinski definition) is 2. The average Bonchev–Trinajstić information content (AvgIpc) is 2.43. The van der Waals surface area contributed by atoms with Gasteiger partial charge in [-0.15, -0.1) is 0 Å². The summed E-state index contributed by atoms with van der Waals surface area (Å²) in [6.45, 7) is 8.47. The maximum atomic E-state index is 9.13. The molecular formula is C16H27NO2. The van der Waals surface area contributed by atoms with E-state index in [1.165, 1.54) is 16.7 Å². The van der Waals surface area contributed by atoms with Crippen LogP contribution in [0.4, 0.5) is 0 Å². The third kappa shape index (κ3) is 4.51. The highest BCUT2D eigenvalue weighted by atomic mass is 16.5. The molecule has 1 rings (SSSR count). The average molecular weight is 265 g/mol. The number of nitrogens with one attached hydrogen (secondary N) is 1. The third-order valence-corrected chi connectivity index (χ3v) is 3.91. The summed E-state index contributed by atoms with van der Waals surface area (Å²) < 4.78 is 5.32. The molecule has 0 aliphatic heterocycles. The van der Waals surface area contributed by atoms with E-state index in [0.717, 1.165) is 31.7 Å². The first-order valence-electron chi connectivity index (χ1n) is 7.08. The molecule has 2 N–H and O–H groups in total. The molecule has 0 aromatic heterocycles. The maximum absolute atomic E-state index is 9.13. The summed E-state index contributed by atoms with van der Waals surface area (Å²) in [5.41, 5.74) is 3.90. The van der Waals surface area contributed by atoms with E-state index < -0.39 is 0 Å². The number of aliphatic hydroxyl groups excluding tert-OH is 1. The first-order chi connectivity index (χ1) is 9.13. The van der Waals surface area contributed by atoms with E-state index in [1.807, 2.05) is 6.07 Å². The van der Waals surface area contributed by atoms with Crippen molar-refractivity contribution in [2.75, 3.05) is 26.8 Å². The smallest absolute Gasteiger partial charge is 0.122 e. The highest BCUT2D eigenvalue weighted by molar-refractivity contribution is 5.43. The van der Waals surface area contributed by atoms with Crippen molar-refractivity contribution >= 4 is 0 Å². The number of ether oxygens (including phenoxy) is 1. The Morgan fingerprint density at radius 3 is 2.58 bits per heavy atom. The molecule has 1 unspecified atom stereocenters. The summed E-state index contributed by atoms with van der Waals surface area (Å²) in [6.07, 6.45) is 2.03. The number of methoxy groups -OCH3 is 1. The number of benzene rings is 1. The Bertz CT molecular complexity index is 387. The van der Waals surface area contributed by atoms with Gasteiger partial charge < -0.3 is 15.2 Å². The van der Waals surface area contributed by atoms with E-state index in [4.69, 9.17) is 9.84 Å². The van der Waals surface area contributed by atoms with Crippen LogP contribution in [0.1, 0.15) is 30.0 Å². The van der Waals surface area contributed by atoms with Gasteiger partial charge in [-0.3, -0.25) is 0 Å². The standard InChI is InChI=1S/C16H27NO2/c1-5-14(11-18)10-17-9-8-15-6-7-16(19-4)13(3)12(15)2/h6-7,14,17-18H,5,8-11H2,1-4H3. The fourth-order valence-corrected chi connectivity index (χ4v) is 2.21. The van der Waals surface area contributed by atoms with Gasteiger partial charge in [-0.1, -0.05) is 13.0 Å². The van der Waals surface area contributed by atoms with Gasteiger partial charge in [0.15, 0.2) is 0 Å². The van der Waals surface area contributed by atoms with Gasteiger partial charge in [0, 0.05) is 13.2 Å². The Labute approximate surface area is 117 Å². The largest absolute Gasteiger partial charge is 0.496 e. The highest BCUT2D eigenvalue weighted by Gasteiger charge is 2.07. The molecule has 0 amide bonds. The van der Waals surface area contributed by atoms with Gasteiger partial charge in [0.1, 0.15) is 5.75 Å². The molecule has 0 heterocycles. The van der Waals surface area contributed by atoms with E-state index in [1.54, 1.807) is 7.11 Å². The molecule has 108 valence electrons. The minimum absolute atomic E-state index is 0.268. The third-order valence-electron chi connectivity index (χ3n) is 3.91. The SMILES string of the molecule is CCC(CO)CNCCc1ccc(OC)c(C)c1C. The van der Waals surface area contributed by atoms with Crippen molar-refractivity contribution < 1.29 is 9.84 Å². The molecule has 0 aliphatic carbocycles. The molecule has 0 bridgehead atoms. The van der Waals surface area contributed by atoms with E-state index in [0.29, 0.717) is 5.92 Å². The van der Waals surface area contributed by atoms with Gasteiger partial charge in [-0.2, -0.15) is 0 Å². The lowest BCUT2D eigenvalue weighted by Gasteiger charge is -2.15. The zero-order valence-corrected chi connectivity index (χ0v) is 12.6. The highest BCUT2D eigenvalue weighted by Crippen LogP contribution is 2.23. The van der Waals surface area contributed by atoms with E-state index in [9.17, 15) is 0 Å². The Kier molecular flexibility index (Phi) is 6.89. The molecule has 0 saturated carbocycles. The molecule has 0 aliphatic rings. The fraction of sp³-hybridized carbons (Fsp3) is 0.625. The molecule has 3 nitrogen and oxygen atoms in total. The summed E-state index contributed by atoms with van der Waals surface area (Å²) >= 11 is 0. The lowest BCUT2D eigenvalue weighted by Crippen LogP contribution is -2.26. The zero-order valence-electron chi connectivity index (χ0n) is 12.6. The second kappa shape index (κ2) is 8.18. The van der Waals surface area contributed by atoms with Gasteiger partial charge in [-0.25, -0.2) is 0 Å². The molecule has 0 saturated heterocycles. The second-order valence-electron chi connectivity index (χ2n) is 5.09. The molecule has 19 heavy (non-hydrogen) atoms. The number of hydrogen-bond acceptors (Lipinski definition) is 3. The van der Waals surface area contributed by atoms with Gasteiger partial charge in [-0.05, 0) is 61.9 Å². The molecule has 1 atom stereocenters. The van der Waals surface area contributed by atoms with Crippen molar-refractivity contribution in [3.63, 3.8) is 0 Å². The number of aliphatic hydroxyl groups is 1. The van der Waals surface area contributed by atoms with Gasteiger partial charge in [0.25, 0.3) is 0 Å². The summed E-state index contributed by atoms with van der Waals surface area (Å²) in [5, 5.41) is 12.5. The maximum Gasteiger partial charge on any atom is 0.122 e. The topological polar surface area (TPSA) is 41.5 Å². The van der Waals surface area contributed by atoms with Crippen LogP contribution in [0.5, 0.6) is 5.75 Å². The second-order valence-corrected chi connectivity index (χ2v) is 5.09. The van der Waals surface area contributed by atoms with Crippen molar-refractivity contribution in [2.45, 2.75) is 33.6 Å². The lowest BCUT2D eigenvalue weighted by atomic mass is 10.00. The lowest BCUT2D eigenvalue weighted by molar-refractivity contribution is 0.219. The quantitative estimate of drug-likeness (QED) is 0.710. The van der Waals surface area contributed by atoms with Crippen molar-refractivity contribution in [2.24, 2.45) is 5.92 Å². The van der Waals surface area contributed by atoms with Crippen LogP contribution in [0.2, 0.25) is 0 Å². The monoisotopic (exact) mass is 265 g/mol. The van der Waals surface area contributed by atoms with Crippen molar-refractivity contribution in [3.8, 4) is 5.75 Å². The van der Waals surface area contributed by atoms with Crippen molar-refractivity contribution in [3.05, 3.63) is 28.8 Å². The van der Waals surface area contributed by atoms with Crippen LogP contribution in [0.3, 0.4) is 0 Å². The van der Waals surface area contributed by atoms with Crippen LogP contribution in [0.15, 0.2) is 12.1 Å². The Balaban J connectivity index is 2.48. The van der Waals surface area contributed by atoms with Crippen molar-refractivity contribution in [1.29, 1.82) is 0 Å². The Morgan fingerprint density at radius 1 is 1.26 bits per heavy atom. The molecular weight excluding hydrogens is 238 g/mol. The molecule has 3 heteroatoms. The molecule has 1 aromatic carbocycles. The van der Waals surface area contributed by atoms with Crippen LogP contribution < -0.4 is 10.1 Å². The van der Waals surface area contributed by atoms with E-state index in [2.05, 4.69) is 32.2 Å². The summed E-state index contributed by atoms with van der Waals surface area (Å²) in [6, 6.07) is 4.19. The predicted molar refractivity (Wildman–Crippen MR) is 79.9 cm³/mol. The van der Waals surface area contributed by atoms with Crippen LogP contribution in [-0.2, 0) is 6.42 Å². The summed E-state index contributed by atoms with van der Waals surface area (Å²) in [4.78, 5) is 0.